The fraction of sp³-hybridized carbons (Fsp3) is 0.636. The van der Waals surface area contributed by atoms with E-state index in [2.05, 4.69) is 18.8 Å². The smallest absolute Gasteiger partial charge is 0.254 e. The van der Waals surface area contributed by atoms with Crippen molar-refractivity contribution >= 4 is 11.9 Å². The average Bonchev–Trinajstić information content (AvgIpc) is 2.64. The maximum Gasteiger partial charge on any atom is 0.254 e. The minimum Gasteiger partial charge on any atom is -0.299 e. The largest absolute Gasteiger partial charge is 0.299 e. The third-order valence-electron chi connectivity index (χ3n) is 3.05. The van der Waals surface area contributed by atoms with Crippen LogP contribution in [-0.4, -0.2) is 22.5 Å². The number of imidazole rings is 1. The highest BCUT2D eigenvalue weighted by atomic mass is 16.2. The van der Waals surface area contributed by atoms with Crippen molar-refractivity contribution in [3.63, 3.8) is 0 Å². The second-order valence-electron chi connectivity index (χ2n) is 4.90. The van der Waals surface area contributed by atoms with Crippen molar-refractivity contribution in [1.82, 2.24) is 9.55 Å². The number of anilines is 1. The maximum atomic E-state index is 12.0. The number of rotatable bonds is 1. The topological polar surface area (TPSA) is 38.1 Å². The summed E-state index contributed by atoms with van der Waals surface area (Å²) < 4.78 is 2.04. The SMILES string of the molecule is CC(C)c1cnc2n1C(C)(C)C(=O)N2C. The van der Waals surface area contributed by atoms with Gasteiger partial charge in [0.2, 0.25) is 5.95 Å². The average molecular weight is 207 g/mol. The van der Waals surface area contributed by atoms with Crippen LogP contribution in [0.2, 0.25) is 0 Å². The molecule has 1 aliphatic heterocycles. The third kappa shape index (κ3) is 1.14. The Bertz CT molecular complexity index is 417. The van der Waals surface area contributed by atoms with Crippen molar-refractivity contribution < 1.29 is 4.79 Å². The summed E-state index contributed by atoms with van der Waals surface area (Å²) in [5, 5.41) is 0. The van der Waals surface area contributed by atoms with Gasteiger partial charge in [-0.2, -0.15) is 0 Å². The fourth-order valence-corrected chi connectivity index (χ4v) is 2.17. The van der Waals surface area contributed by atoms with E-state index in [-0.39, 0.29) is 5.91 Å². The number of hydrogen-bond acceptors (Lipinski definition) is 2. The van der Waals surface area contributed by atoms with Crippen LogP contribution < -0.4 is 4.90 Å². The van der Waals surface area contributed by atoms with E-state index in [4.69, 9.17) is 0 Å². The van der Waals surface area contributed by atoms with E-state index in [1.807, 2.05) is 24.6 Å². The molecule has 0 N–H and O–H groups in total. The van der Waals surface area contributed by atoms with Gasteiger partial charge < -0.3 is 0 Å². The van der Waals surface area contributed by atoms with Crippen LogP contribution in [0.4, 0.5) is 5.95 Å². The summed E-state index contributed by atoms with van der Waals surface area (Å²) in [5.41, 5.74) is 0.618. The van der Waals surface area contributed by atoms with E-state index in [1.165, 1.54) is 0 Å². The van der Waals surface area contributed by atoms with Crippen molar-refractivity contribution in [2.75, 3.05) is 11.9 Å². The van der Waals surface area contributed by atoms with E-state index in [9.17, 15) is 4.79 Å². The summed E-state index contributed by atoms with van der Waals surface area (Å²) in [4.78, 5) is 17.9. The Morgan fingerprint density at radius 3 is 2.53 bits per heavy atom. The molecule has 0 saturated heterocycles. The zero-order valence-corrected chi connectivity index (χ0v) is 9.90. The summed E-state index contributed by atoms with van der Waals surface area (Å²) in [6, 6.07) is 0. The number of fused-ring (bicyclic) bond motifs is 1. The highest BCUT2D eigenvalue weighted by molar-refractivity contribution is 6.00. The third-order valence-corrected chi connectivity index (χ3v) is 3.05. The molecule has 0 unspecified atom stereocenters. The first-order valence-corrected chi connectivity index (χ1v) is 5.23. The minimum atomic E-state index is -0.500. The highest BCUT2D eigenvalue weighted by Crippen LogP contribution is 2.36. The van der Waals surface area contributed by atoms with Gasteiger partial charge in [0.15, 0.2) is 0 Å². The molecule has 0 spiro atoms. The van der Waals surface area contributed by atoms with E-state index in [0.29, 0.717) is 5.92 Å². The molecule has 0 fully saturated rings. The lowest BCUT2D eigenvalue weighted by Crippen LogP contribution is -2.37. The van der Waals surface area contributed by atoms with E-state index in [0.717, 1.165) is 11.6 Å². The van der Waals surface area contributed by atoms with Gasteiger partial charge in [0.1, 0.15) is 5.54 Å². The zero-order chi connectivity index (χ0) is 11.4. The minimum absolute atomic E-state index is 0.104. The number of carbonyl (C=O) groups is 1. The Hall–Kier alpha value is -1.32. The van der Waals surface area contributed by atoms with Crippen LogP contribution in [0.1, 0.15) is 39.3 Å². The standard InChI is InChI=1S/C11H17N3O/c1-7(2)8-6-12-10-13(5)9(15)11(3,4)14(8)10/h6-7H,1-5H3. The van der Waals surface area contributed by atoms with E-state index < -0.39 is 5.54 Å². The zero-order valence-electron chi connectivity index (χ0n) is 9.90. The van der Waals surface area contributed by atoms with Gasteiger partial charge in [-0.05, 0) is 19.8 Å². The summed E-state index contributed by atoms with van der Waals surface area (Å²) in [6.45, 7) is 8.11. The molecule has 0 atom stereocenters. The molecular formula is C11H17N3O. The predicted molar refractivity (Wildman–Crippen MR) is 59.0 cm³/mol. The second-order valence-corrected chi connectivity index (χ2v) is 4.90. The van der Waals surface area contributed by atoms with E-state index >= 15 is 0 Å². The molecule has 15 heavy (non-hydrogen) atoms. The number of hydrogen-bond donors (Lipinski definition) is 0. The molecule has 1 aliphatic rings. The van der Waals surface area contributed by atoms with Crippen LogP contribution in [0.3, 0.4) is 0 Å². The molecule has 1 aromatic rings. The lowest BCUT2D eigenvalue weighted by Gasteiger charge is -2.21. The Labute approximate surface area is 89.9 Å². The second kappa shape index (κ2) is 2.84. The molecule has 2 heterocycles. The van der Waals surface area contributed by atoms with Gasteiger partial charge in [0.25, 0.3) is 5.91 Å². The van der Waals surface area contributed by atoms with Gasteiger partial charge in [-0.15, -0.1) is 0 Å². The Kier molecular flexibility index (Phi) is 1.93. The number of likely N-dealkylation sites (N-methyl/N-ethyl adjacent to an activating group) is 1. The lowest BCUT2D eigenvalue weighted by molar-refractivity contribution is -0.123. The molecule has 4 nitrogen and oxygen atoms in total. The quantitative estimate of drug-likeness (QED) is 0.703. The van der Waals surface area contributed by atoms with Crippen LogP contribution in [0, 0.1) is 0 Å². The molecule has 4 heteroatoms. The first kappa shape index (κ1) is 10.2. The molecule has 0 saturated carbocycles. The van der Waals surface area contributed by atoms with Crippen molar-refractivity contribution in [3.05, 3.63) is 11.9 Å². The van der Waals surface area contributed by atoms with Gasteiger partial charge >= 0.3 is 0 Å². The normalized spacial score (nSPS) is 18.8. The van der Waals surface area contributed by atoms with Gasteiger partial charge in [-0.3, -0.25) is 14.3 Å². The number of carbonyl (C=O) groups excluding carboxylic acids is 1. The van der Waals surface area contributed by atoms with Gasteiger partial charge in [-0.1, -0.05) is 13.8 Å². The fourth-order valence-electron chi connectivity index (χ4n) is 2.17. The number of nitrogens with zero attached hydrogens (tertiary/aromatic N) is 3. The molecular weight excluding hydrogens is 190 g/mol. The summed E-state index contributed by atoms with van der Waals surface area (Å²) in [6.07, 6.45) is 1.87. The summed E-state index contributed by atoms with van der Waals surface area (Å²) in [7, 11) is 1.78. The molecule has 0 aromatic carbocycles. The van der Waals surface area contributed by atoms with Gasteiger partial charge in [0, 0.05) is 12.7 Å². The lowest BCUT2D eigenvalue weighted by atomic mass is 10.0. The monoisotopic (exact) mass is 207 g/mol. The molecule has 0 aliphatic carbocycles. The molecule has 1 aromatic heterocycles. The molecule has 82 valence electrons. The molecule has 2 rings (SSSR count). The Morgan fingerprint density at radius 1 is 1.40 bits per heavy atom. The van der Waals surface area contributed by atoms with Crippen molar-refractivity contribution in [2.45, 2.75) is 39.2 Å². The van der Waals surface area contributed by atoms with E-state index in [1.54, 1.807) is 11.9 Å². The number of aromatic nitrogens is 2. The highest BCUT2D eigenvalue weighted by Gasteiger charge is 2.44. The van der Waals surface area contributed by atoms with Crippen LogP contribution >= 0.6 is 0 Å². The summed E-state index contributed by atoms with van der Waals surface area (Å²) in [5.74, 6) is 1.24. The Morgan fingerprint density at radius 2 is 2.00 bits per heavy atom. The first-order chi connectivity index (χ1) is 6.87. The molecule has 0 bridgehead atoms. The molecule has 0 radical (unpaired) electrons. The van der Waals surface area contributed by atoms with Crippen molar-refractivity contribution in [3.8, 4) is 0 Å². The van der Waals surface area contributed by atoms with Gasteiger partial charge in [0.05, 0.1) is 6.20 Å². The summed E-state index contributed by atoms with van der Waals surface area (Å²) >= 11 is 0. The van der Waals surface area contributed by atoms with Gasteiger partial charge in [-0.25, -0.2) is 4.98 Å². The van der Waals surface area contributed by atoms with Crippen LogP contribution in [-0.2, 0) is 10.3 Å². The first-order valence-electron chi connectivity index (χ1n) is 5.23. The predicted octanol–water partition coefficient (Wildman–Crippen LogP) is 1.72. The maximum absolute atomic E-state index is 12.0. The van der Waals surface area contributed by atoms with Crippen LogP contribution in [0.5, 0.6) is 0 Å². The number of amides is 1. The molecule has 1 amide bonds. The van der Waals surface area contributed by atoms with Crippen LogP contribution in [0.25, 0.3) is 0 Å². The van der Waals surface area contributed by atoms with Crippen molar-refractivity contribution in [1.29, 1.82) is 0 Å². The van der Waals surface area contributed by atoms with Crippen molar-refractivity contribution in [2.24, 2.45) is 0 Å². The Balaban J connectivity index is 2.65. The van der Waals surface area contributed by atoms with Crippen LogP contribution in [0.15, 0.2) is 6.20 Å².